The predicted molar refractivity (Wildman–Crippen MR) is 197 cm³/mol. The van der Waals surface area contributed by atoms with Crippen molar-refractivity contribution in [3.05, 3.63) is 99.5 Å². The lowest BCUT2D eigenvalue weighted by Crippen LogP contribution is -2.22. The topological polar surface area (TPSA) is 105 Å². The molecule has 5 rings (SSSR count). The van der Waals surface area contributed by atoms with Crippen LogP contribution in [0.4, 0.5) is 0 Å². The van der Waals surface area contributed by atoms with Gasteiger partial charge in [0.1, 0.15) is 11.2 Å². The summed E-state index contributed by atoms with van der Waals surface area (Å²) >= 11 is 5.16. The predicted octanol–water partition coefficient (Wildman–Crippen LogP) is 8.64. The van der Waals surface area contributed by atoms with Crippen molar-refractivity contribution in [3.8, 4) is 46.5 Å². The van der Waals surface area contributed by atoms with Crippen molar-refractivity contribution in [2.24, 2.45) is 0 Å². The molecule has 1 N–H and O–H groups in total. The van der Waals surface area contributed by atoms with Crippen molar-refractivity contribution in [2.75, 3.05) is 35.5 Å². The number of methoxy groups -OCH3 is 5. The van der Waals surface area contributed by atoms with Gasteiger partial charge in [0.25, 0.3) is 5.91 Å². The Bertz CT molecular complexity index is 1880. The first-order valence-electron chi connectivity index (χ1n) is 16.1. The molecule has 0 saturated carbocycles. The molecule has 1 heterocycles. The van der Waals surface area contributed by atoms with E-state index < -0.39 is 5.91 Å². The Balaban J connectivity index is 1.45. The van der Waals surface area contributed by atoms with Gasteiger partial charge in [-0.25, -0.2) is 0 Å². The van der Waals surface area contributed by atoms with Gasteiger partial charge >= 0.3 is 0 Å². The van der Waals surface area contributed by atoms with Crippen molar-refractivity contribution in [2.45, 2.75) is 48.7 Å². The summed E-state index contributed by atoms with van der Waals surface area (Å²) in [4.78, 5) is 14.0. The van der Waals surface area contributed by atoms with Crippen molar-refractivity contribution < 1.29 is 43.2 Å². The SMILES string of the molecule is COc1ccccc1C(=O)N(O)C#CCc1cc(C2CCC(c3cc(OC)c(OC)c(OC)c3)O2)cc(OC)c1OC(C)Sc1ccccc1Br. The van der Waals surface area contributed by atoms with E-state index in [2.05, 4.69) is 27.9 Å². The molecule has 12 heteroatoms. The van der Waals surface area contributed by atoms with Gasteiger partial charge < -0.3 is 33.2 Å². The molecule has 3 atom stereocenters. The molecule has 51 heavy (non-hydrogen) atoms. The Hall–Kier alpha value is -4.54. The Morgan fingerprint density at radius 3 is 2.02 bits per heavy atom. The summed E-state index contributed by atoms with van der Waals surface area (Å²) in [6.45, 7) is 1.95. The number of hydroxylamine groups is 2. The molecule has 1 aliphatic heterocycles. The molecule has 10 nitrogen and oxygen atoms in total. The zero-order chi connectivity index (χ0) is 36.5. The lowest BCUT2D eigenvalue weighted by molar-refractivity contribution is -0.0120. The summed E-state index contributed by atoms with van der Waals surface area (Å²) in [5.74, 6) is 5.19. The van der Waals surface area contributed by atoms with E-state index in [0.717, 1.165) is 33.3 Å². The van der Waals surface area contributed by atoms with Crippen LogP contribution in [-0.4, -0.2) is 57.2 Å². The fourth-order valence-electron chi connectivity index (χ4n) is 5.81. The number of hydrogen-bond donors (Lipinski definition) is 1. The largest absolute Gasteiger partial charge is 0.496 e. The quantitative estimate of drug-likeness (QED) is 0.0354. The van der Waals surface area contributed by atoms with E-state index in [-0.39, 0.29) is 29.6 Å². The maximum atomic E-state index is 13.0. The normalized spacial score (nSPS) is 15.6. The highest BCUT2D eigenvalue weighted by Crippen LogP contribution is 2.48. The molecule has 0 aliphatic carbocycles. The number of para-hydroxylation sites is 1. The molecule has 268 valence electrons. The molecule has 0 bridgehead atoms. The average Bonchev–Trinajstić information content (AvgIpc) is 3.65. The van der Waals surface area contributed by atoms with E-state index in [1.54, 1.807) is 64.5 Å². The number of amides is 1. The first kappa shape index (κ1) is 37.7. The van der Waals surface area contributed by atoms with Crippen LogP contribution in [0.15, 0.2) is 82.2 Å². The molecule has 4 aromatic carbocycles. The van der Waals surface area contributed by atoms with Gasteiger partial charge in [0.2, 0.25) is 5.75 Å². The molecule has 1 aliphatic rings. The third-order valence-corrected chi connectivity index (χ3v) is 10.2. The van der Waals surface area contributed by atoms with Crippen LogP contribution in [0.1, 0.15) is 59.0 Å². The summed E-state index contributed by atoms with van der Waals surface area (Å²) in [6.07, 6.45) is 1.13. The monoisotopic (exact) mass is 777 g/mol. The second-order valence-corrected chi connectivity index (χ2v) is 13.6. The maximum absolute atomic E-state index is 13.0. The van der Waals surface area contributed by atoms with Gasteiger partial charge in [0, 0.05) is 27.4 Å². The van der Waals surface area contributed by atoms with Crippen molar-refractivity contribution in [3.63, 3.8) is 0 Å². The Kier molecular flexibility index (Phi) is 13.0. The van der Waals surface area contributed by atoms with E-state index in [1.807, 2.05) is 55.5 Å². The standard InChI is InChI=1S/C39H40BrNO9S/c1-24(51-36-16-10-8-14-29(36)40)49-37-25(12-11-19-41(43)39(42)28-13-7-9-15-32(28)44-2)20-26(21-33(37)45-3)30-17-18-31(50-30)27-22-34(46-4)38(48-6)35(23-27)47-5/h7-10,13-16,20-24,30-31,43H,12,17-18H2,1-6H3. The molecule has 0 spiro atoms. The molecule has 1 fully saturated rings. The molecule has 3 unspecified atom stereocenters. The Labute approximate surface area is 311 Å². The molecular weight excluding hydrogens is 738 g/mol. The zero-order valence-electron chi connectivity index (χ0n) is 29.2. The van der Waals surface area contributed by atoms with Gasteiger partial charge in [-0.2, -0.15) is 0 Å². The van der Waals surface area contributed by atoms with Gasteiger partial charge in [-0.15, -0.1) is 5.06 Å². The highest BCUT2D eigenvalue weighted by Gasteiger charge is 2.31. The van der Waals surface area contributed by atoms with Crippen molar-refractivity contribution in [1.82, 2.24) is 5.06 Å². The number of halogens is 1. The van der Waals surface area contributed by atoms with Crippen LogP contribution in [0.2, 0.25) is 0 Å². The number of carbonyl (C=O) groups excluding carboxylic acids is 1. The van der Waals surface area contributed by atoms with Gasteiger partial charge in [-0.05, 0) is 95.4 Å². The summed E-state index contributed by atoms with van der Waals surface area (Å²) in [7, 11) is 7.78. The van der Waals surface area contributed by atoms with E-state index in [0.29, 0.717) is 45.1 Å². The number of hydrogen-bond acceptors (Lipinski definition) is 10. The molecule has 0 radical (unpaired) electrons. The first-order chi connectivity index (χ1) is 24.7. The number of carbonyl (C=O) groups is 1. The highest BCUT2D eigenvalue weighted by molar-refractivity contribution is 9.10. The van der Waals surface area contributed by atoms with Crippen molar-refractivity contribution in [1.29, 1.82) is 0 Å². The summed E-state index contributed by atoms with van der Waals surface area (Å²) in [5, 5.41) is 11.0. The van der Waals surface area contributed by atoms with Gasteiger partial charge in [0.05, 0.1) is 53.3 Å². The van der Waals surface area contributed by atoms with E-state index in [4.69, 9.17) is 33.2 Å². The Morgan fingerprint density at radius 1 is 0.843 bits per heavy atom. The van der Waals surface area contributed by atoms with Gasteiger partial charge in [-0.3, -0.25) is 10.0 Å². The number of benzene rings is 4. The van der Waals surface area contributed by atoms with Crippen LogP contribution in [-0.2, 0) is 11.2 Å². The third-order valence-electron chi connectivity index (χ3n) is 8.23. The number of thioether (sulfide) groups is 1. The van der Waals surface area contributed by atoms with Gasteiger partial charge in [-0.1, -0.05) is 41.9 Å². The second-order valence-electron chi connectivity index (χ2n) is 11.4. The first-order valence-corrected chi connectivity index (χ1v) is 17.8. The molecule has 4 aromatic rings. The fraction of sp³-hybridized carbons (Fsp3) is 0.308. The molecule has 1 saturated heterocycles. The van der Waals surface area contributed by atoms with E-state index in [9.17, 15) is 10.0 Å². The van der Waals surface area contributed by atoms with E-state index in [1.165, 1.54) is 7.11 Å². The lowest BCUT2D eigenvalue weighted by Gasteiger charge is -2.22. The number of rotatable bonds is 13. The second kappa shape index (κ2) is 17.6. The maximum Gasteiger partial charge on any atom is 0.293 e. The number of ether oxygens (including phenoxy) is 7. The third kappa shape index (κ3) is 8.86. The van der Waals surface area contributed by atoms with Gasteiger partial charge in [0.15, 0.2) is 23.0 Å². The van der Waals surface area contributed by atoms with Crippen LogP contribution < -0.4 is 28.4 Å². The lowest BCUT2D eigenvalue weighted by atomic mass is 9.99. The summed E-state index contributed by atoms with van der Waals surface area (Å²) in [5.41, 5.74) is 2.36. The molecular formula is C39H40BrNO9S. The number of nitrogens with zero attached hydrogens (tertiary/aromatic N) is 1. The minimum Gasteiger partial charge on any atom is -0.496 e. The minimum absolute atomic E-state index is 0.130. The van der Waals surface area contributed by atoms with Crippen LogP contribution in [0.25, 0.3) is 0 Å². The average molecular weight is 779 g/mol. The molecule has 1 amide bonds. The fourth-order valence-corrected chi connectivity index (χ4v) is 7.21. The van der Waals surface area contributed by atoms with Crippen molar-refractivity contribution >= 4 is 33.6 Å². The zero-order valence-corrected chi connectivity index (χ0v) is 31.6. The Morgan fingerprint density at radius 2 is 1.41 bits per heavy atom. The highest BCUT2D eigenvalue weighted by atomic mass is 79.9. The molecule has 0 aromatic heterocycles. The summed E-state index contributed by atoms with van der Waals surface area (Å²) < 4.78 is 41.9. The van der Waals surface area contributed by atoms with Crippen LogP contribution in [0.5, 0.6) is 34.5 Å². The smallest absolute Gasteiger partial charge is 0.293 e. The van der Waals surface area contributed by atoms with Crippen LogP contribution >= 0.6 is 27.7 Å². The van der Waals surface area contributed by atoms with Crippen LogP contribution in [0, 0.1) is 12.0 Å². The minimum atomic E-state index is -0.710. The van der Waals surface area contributed by atoms with Crippen LogP contribution in [0.3, 0.4) is 0 Å². The van der Waals surface area contributed by atoms with E-state index >= 15 is 0 Å². The summed E-state index contributed by atoms with van der Waals surface area (Å²) in [6, 6.07) is 24.8.